The van der Waals surface area contributed by atoms with Gasteiger partial charge in [-0.15, -0.1) is 0 Å². The highest BCUT2D eigenvalue weighted by Crippen LogP contribution is 2.37. The van der Waals surface area contributed by atoms with Crippen LogP contribution in [0.15, 0.2) is 36.4 Å². The quantitative estimate of drug-likeness (QED) is 0.500. The van der Waals surface area contributed by atoms with Crippen LogP contribution >= 0.6 is 34.8 Å². The fraction of sp³-hybridized carbons (Fsp3) is 0.150. The highest BCUT2D eigenvalue weighted by Gasteiger charge is 2.16. The number of rotatable bonds is 6. The number of anilines is 1. The van der Waals surface area contributed by atoms with Crippen LogP contribution in [-0.2, 0) is 14.3 Å². The maximum atomic E-state index is 13.0. The summed E-state index contributed by atoms with van der Waals surface area (Å²) in [5.74, 6) is -1.81. The van der Waals surface area contributed by atoms with Crippen LogP contribution in [0, 0.1) is 12.7 Å². The fourth-order valence-corrected chi connectivity index (χ4v) is 3.31. The van der Waals surface area contributed by atoms with Crippen molar-refractivity contribution in [3.63, 3.8) is 0 Å². The zero-order valence-corrected chi connectivity index (χ0v) is 17.7. The molecule has 2 aromatic carbocycles. The standard InChI is InChI=1S/C20H14Cl3FN2O4/c1-10-2-4-12-13(21)7-15(23)20(19(12)25-10)30-9-18(28)29-8-17(27)26-16-5-3-11(24)6-14(16)22/h2-7H,8-9H2,1H3,(H,26,27). The normalized spacial score (nSPS) is 10.7. The largest absolute Gasteiger partial charge is 0.478 e. The number of fused-ring (bicyclic) bond motifs is 1. The number of aryl methyl sites for hydroxylation is 1. The molecular formula is C20H14Cl3FN2O4. The summed E-state index contributed by atoms with van der Waals surface area (Å²) in [4.78, 5) is 28.2. The number of carbonyl (C=O) groups is 2. The molecule has 1 heterocycles. The van der Waals surface area contributed by atoms with Gasteiger partial charge in [0.1, 0.15) is 11.3 Å². The number of hydrogen-bond acceptors (Lipinski definition) is 5. The molecule has 1 N–H and O–H groups in total. The Kier molecular flexibility index (Phi) is 6.97. The Hall–Kier alpha value is -2.61. The van der Waals surface area contributed by atoms with E-state index < -0.39 is 30.9 Å². The van der Waals surface area contributed by atoms with E-state index in [1.807, 2.05) is 0 Å². The molecule has 30 heavy (non-hydrogen) atoms. The maximum Gasteiger partial charge on any atom is 0.344 e. The first-order valence-electron chi connectivity index (χ1n) is 8.53. The molecule has 1 aromatic heterocycles. The molecule has 0 unspecified atom stereocenters. The molecule has 156 valence electrons. The first kappa shape index (κ1) is 22.1. The molecule has 0 spiro atoms. The highest BCUT2D eigenvalue weighted by atomic mass is 35.5. The smallest absolute Gasteiger partial charge is 0.344 e. The molecular weight excluding hydrogens is 458 g/mol. The summed E-state index contributed by atoms with van der Waals surface area (Å²) < 4.78 is 23.4. The van der Waals surface area contributed by atoms with Gasteiger partial charge in [-0.05, 0) is 43.3 Å². The molecule has 0 aliphatic rings. The molecule has 0 saturated heterocycles. The second kappa shape index (κ2) is 9.47. The summed E-state index contributed by atoms with van der Waals surface area (Å²) in [6.45, 7) is 0.706. The van der Waals surface area contributed by atoms with E-state index in [0.29, 0.717) is 21.6 Å². The summed E-state index contributed by atoms with van der Waals surface area (Å²) in [5.41, 5.74) is 1.31. The number of carbonyl (C=O) groups excluding carboxylic acids is 2. The zero-order valence-electron chi connectivity index (χ0n) is 15.5. The van der Waals surface area contributed by atoms with Gasteiger partial charge in [0.15, 0.2) is 19.0 Å². The minimum absolute atomic E-state index is 0.0186. The summed E-state index contributed by atoms with van der Waals surface area (Å²) >= 11 is 18.2. The lowest BCUT2D eigenvalue weighted by molar-refractivity contribution is -0.149. The van der Waals surface area contributed by atoms with Crippen molar-refractivity contribution in [2.45, 2.75) is 6.92 Å². The second-order valence-electron chi connectivity index (χ2n) is 6.14. The molecule has 3 rings (SSSR count). The highest BCUT2D eigenvalue weighted by molar-refractivity contribution is 6.39. The van der Waals surface area contributed by atoms with E-state index in [2.05, 4.69) is 10.3 Å². The minimum Gasteiger partial charge on any atom is -0.478 e. The lowest BCUT2D eigenvalue weighted by Crippen LogP contribution is -2.24. The van der Waals surface area contributed by atoms with Crippen molar-refractivity contribution < 1.29 is 23.5 Å². The molecule has 0 radical (unpaired) electrons. The average Bonchev–Trinajstić information content (AvgIpc) is 2.68. The van der Waals surface area contributed by atoms with Gasteiger partial charge in [0.05, 0.1) is 20.8 Å². The Bertz CT molecular complexity index is 1140. The van der Waals surface area contributed by atoms with Gasteiger partial charge in [-0.25, -0.2) is 14.2 Å². The van der Waals surface area contributed by atoms with Gasteiger partial charge in [-0.2, -0.15) is 0 Å². The van der Waals surface area contributed by atoms with Crippen molar-refractivity contribution in [3.05, 3.63) is 63.0 Å². The van der Waals surface area contributed by atoms with Crippen molar-refractivity contribution in [1.82, 2.24) is 4.98 Å². The van der Waals surface area contributed by atoms with Crippen LogP contribution in [0.5, 0.6) is 5.75 Å². The number of esters is 1. The van der Waals surface area contributed by atoms with Gasteiger partial charge in [0, 0.05) is 11.1 Å². The molecule has 6 nitrogen and oxygen atoms in total. The van der Waals surface area contributed by atoms with E-state index >= 15 is 0 Å². The van der Waals surface area contributed by atoms with Crippen molar-refractivity contribution in [1.29, 1.82) is 0 Å². The van der Waals surface area contributed by atoms with Crippen molar-refractivity contribution >= 4 is 63.3 Å². The Labute approximate surface area is 185 Å². The van der Waals surface area contributed by atoms with Gasteiger partial charge < -0.3 is 14.8 Å². The molecule has 0 atom stereocenters. The predicted octanol–water partition coefficient (Wildman–Crippen LogP) is 5.20. The molecule has 10 heteroatoms. The van der Waals surface area contributed by atoms with Crippen LogP contribution in [0.2, 0.25) is 15.1 Å². The van der Waals surface area contributed by atoms with E-state index in [9.17, 15) is 14.0 Å². The Morgan fingerprint density at radius 2 is 1.80 bits per heavy atom. The first-order chi connectivity index (χ1) is 14.2. The van der Waals surface area contributed by atoms with Crippen LogP contribution in [0.4, 0.5) is 10.1 Å². The lowest BCUT2D eigenvalue weighted by Gasteiger charge is -2.12. The van der Waals surface area contributed by atoms with E-state index in [4.69, 9.17) is 44.3 Å². The topological polar surface area (TPSA) is 77.5 Å². The number of pyridine rings is 1. The number of aromatic nitrogens is 1. The Morgan fingerprint density at radius 3 is 2.53 bits per heavy atom. The van der Waals surface area contributed by atoms with Gasteiger partial charge in [-0.3, -0.25) is 4.79 Å². The molecule has 3 aromatic rings. The van der Waals surface area contributed by atoms with Gasteiger partial charge in [0.2, 0.25) is 0 Å². The average molecular weight is 472 g/mol. The zero-order chi connectivity index (χ0) is 21.8. The lowest BCUT2D eigenvalue weighted by atomic mass is 10.2. The van der Waals surface area contributed by atoms with Crippen LogP contribution in [-0.4, -0.2) is 30.1 Å². The number of ether oxygens (including phenoxy) is 2. The van der Waals surface area contributed by atoms with Crippen molar-refractivity contribution in [2.24, 2.45) is 0 Å². The fourth-order valence-electron chi connectivity index (χ4n) is 2.52. The van der Waals surface area contributed by atoms with Crippen molar-refractivity contribution in [3.8, 4) is 5.75 Å². The van der Waals surface area contributed by atoms with E-state index in [1.165, 1.54) is 12.1 Å². The van der Waals surface area contributed by atoms with Gasteiger partial charge >= 0.3 is 5.97 Å². The Balaban J connectivity index is 1.60. The van der Waals surface area contributed by atoms with Crippen LogP contribution in [0.25, 0.3) is 10.9 Å². The van der Waals surface area contributed by atoms with Crippen LogP contribution in [0.3, 0.4) is 0 Å². The SMILES string of the molecule is Cc1ccc2c(Cl)cc(Cl)c(OCC(=O)OCC(=O)Nc3ccc(F)cc3Cl)c2n1. The third kappa shape index (κ3) is 5.30. The molecule has 0 aliphatic heterocycles. The molecule has 0 aliphatic carbocycles. The molecule has 0 saturated carbocycles. The number of nitrogens with one attached hydrogen (secondary N) is 1. The molecule has 0 bridgehead atoms. The molecule has 1 amide bonds. The summed E-state index contributed by atoms with van der Waals surface area (Å²) in [6.07, 6.45) is 0. The van der Waals surface area contributed by atoms with Gasteiger partial charge in [0.25, 0.3) is 5.91 Å². The summed E-state index contributed by atoms with van der Waals surface area (Å²) in [5, 5.41) is 3.63. The van der Waals surface area contributed by atoms with E-state index in [0.717, 1.165) is 12.1 Å². The maximum absolute atomic E-state index is 13.0. The molecule has 0 fully saturated rings. The number of hydrogen-bond donors (Lipinski definition) is 1. The van der Waals surface area contributed by atoms with E-state index in [-0.39, 0.29) is 21.5 Å². The summed E-state index contributed by atoms with van der Waals surface area (Å²) in [7, 11) is 0. The predicted molar refractivity (Wildman–Crippen MR) is 113 cm³/mol. The number of halogens is 4. The monoisotopic (exact) mass is 470 g/mol. The second-order valence-corrected chi connectivity index (χ2v) is 7.36. The number of nitrogens with zero attached hydrogens (tertiary/aromatic N) is 1. The Morgan fingerprint density at radius 1 is 1.03 bits per heavy atom. The summed E-state index contributed by atoms with van der Waals surface area (Å²) in [6, 6.07) is 8.52. The first-order valence-corrected chi connectivity index (χ1v) is 9.66. The van der Waals surface area contributed by atoms with Crippen LogP contribution < -0.4 is 10.1 Å². The third-order valence-corrected chi connectivity index (χ3v) is 4.79. The van der Waals surface area contributed by atoms with E-state index in [1.54, 1.807) is 19.1 Å². The van der Waals surface area contributed by atoms with Crippen LogP contribution in [0.1, 0.15) is 5.69 Å². The van der Waals surface area contributed by atoms with Crippen molar-refractivity contribution in [2.75, 3.05) is 18.5 Å². The number of amides is 1. The third-order valence-electron chi connectivity index (χ3n) is 3.88. The minimum atomic E-state index is -0.804. The van der Waals surface area contributed by atoms with Gasteiger partial charge in [-0.1, -0.05) is 34.8 Å². The number of benzene rings is 2.